The third-order valence-corrected chi connectivity index (χ3v) is 6.33. The Morgan fingerprint density at radius 2 is 1.85 bits per heavy atom. The van der Waals surface area contributed by atoms with Gasteiger partial charge in [0.1, 0.15) is 5.75 Å². The van der Waals surface area contributed by atoms with Crippen LogP contribution in [0.2, 0.25) is 10.0 Å². The number of nitrogens with zero attached hydrogens (tertiary/aromatic N) is 1. The van der Waals surface area contributed by atoms with Crippen LogP contribution in [0.25, 0.3) is 11.3 Å². The van der Waals surface area contributed by atoms with Gasteiger partial charge >= 0.3 is 0 Å². The zero-order chi connectivity index (χ0) is 19.4. The summed E-state index contributed by atoms with van der Waals surface area (Å²) in [6.45, 7) is 0. The standard InChI is InChI=1S/C18H14Cl2N2O3S2/c19-13-6-7-15(20)14(8-13)16-9-26-18(21-16)22-17(23)11-27(24,25)10-12-4-2-1-3-5-12/h1-9H,10-11H2,(H,21,22,23). The number of sulfone groups is 1. The third-order valence-electron chi connectivity index (χ3n) is 3.54. The topological polar surface area (TPSA) is 76.1 Å². The highest BCUT2D eigenvalue weighted by atomic mass is 35.5. The quantitative estimate of drug-likeness (QED) is 0.603. The molecule has 0 unspecified atom stereocenters. The van der Waals surface area contributed by atoms with Crippen LogP contribution >= 0.6 is 34.5 Å². The zero-order valence-electron chi connectivity index (χ0n) is 13.9. The van der Waals surface area contributed by atoms with Gasteiger partial charge in [-0.3, -0.25) is 4.79 Å². The molecule has 27 heavy (non-hydrogen) atoms. The summed E-state index contributed by atoms with van der Waals surface area (Å²) >= 11 is 13.3. The van der Waals surface area contributed by atoms with Gasteiger partial charge in [-0.15, -0.1) is 11.3 Å². The summed E-state index contributed by atoms with van der Waals surface area (Å²) in [5, 5.41) is 5.52. The van der Waals surface area contributed by atoms with Gasteiger partial charge in [-0.2, -0.15) is 0 Å². The van der Waals surface area contributed by atoms with Crippen molar-refractivity contribution in [2.24, 2.45) is 0 Å². The van der Waals surface area contributed by atoms with Crippen LogP contribution in [0.1, 0.15) is 5.56 Å². The minimum atomic E-state index is -3.59. The van der Waals surface area contributed by atoms with Gasteiger partial charge in [0.2, 0.25) is 5.91 Å². The first kappa shape index (κ1) is 19.8. The molecule has 0 aliphatic rings. The fourth-order valence-electron chi connectivity index (χ4n) is 2.38. The lowest BCUT2D eigenvalue weighted by atomic mass is 10.2. The predicted molar refractivity (Wildman–Crippen MR) is 110 cm³/mol. The van der Waals surface area contributed by atoms with Crippen molar-refractivity contribution >= 4 is 55.4 Å². The molecular weight excluding hydrogens is 427 g/mol. The van der Waals surface area contributed by atoms with E-state index in [1.54, 1.807) is 53.9 Å². The molecule has 140 valence electrons. The lowest BCUT2D eigenvalue weighted by molar-refractivity contribution is -0.113. The fourth-order valence-corrected chi connectivity index (χ4v) is 4.77. The fraction of sp³-hybridized carbons (Fsp3) is 0.111. The number of benzene rings is 2. The number of carbonyl (C=O) groups is 1. The Morgan fingerprint density at radius 1 is 1.11 bits per heavy atom. The number of hydrogen-bond acceptors (Lipinski definition) is 5. The van der Waals surface area contributed by atoms with Gasteiger partial charge in [0.15, 0.2) is 15.0 Å². The Balaban J connectivity index is 1.66. The predicted octanol–water partition coefficient (Wildman–Crippen LogP) is 4.67. The molecule has 0 saturated carbocycles. The number of nitrogens with one attached hydrogen (secondary N) is 1. The summed E-state index contributed by atoms with van der Waals surface area (Å²) in [4.78, 5) is 16.4. The van der Waals surface area contributed by atoms with E-state index in [4.69, 9.17) is 23.2 Å². The maximum absolute atomic E-state index is 12.2. The number of rotatable bonds is 6. The van der Waals surface area contributed by atoms with Gasteiger partial charge in [0, 0.05) is 16.0 Å². The van der Waals surface area contributed by atoms with Crippen molar-refractivity contribution in [2.75, 3.05) is 11.1 Å². The molecule has 0 aliphatic heterocycles. The second-order valence-corrected chi connectivity index (χ2v) is 9.49. The smallest absolute Gasteiger partial charge is 0.241 e. The second-order valence-electron chi connectivity index (χ2n) is 5.73. The highest BCUT2D eigenvalue weighted by molar-refractivity contribution is 7.91. The van der Waals surface area contributed by atoms with Crippen molar-refractivity contribution in [1.29, 1.82) is 0 Å². The lowest BCUT2D eigenvalue weighted by Crippen LogP contribution is -2.23. The number of amides is 1. The summed E-state index contributed by atoms with van der Waals surface area (Å²) in [5.74, 6) is -1.44. The minimum Gasteiger partial charge on any atom is -0.301 e. The van der Waals surface area contributed by atoms with Gasteiger partial charge < -0.3 is 5.32 Å². The molecule has 0 saturated heterocycles. The van der Waals surface area contributed by atoms with Crippen molar-refractivity contribution in [3.8, 4) is 11.3 Å². The molecule has 0 atom stereocenters. The first-order valence-corrected chi connectivity index (χ1v) is 11.2. The molecule has 0 spiro atoms. The van der Waals surface area contributed by atoms with E-state index in [9.17, 15) is 13.2 Å². The van der Waals surface area contributed by atoms with Crippen molar-refractivity contribution < 1.29 is 13.2 Å². The molecule has 1 N–H and O–H groups in total. The molecule has 5 nitrogen and oxygen atoms in total. The average Bonchev–Trinajstić information content (AvgIpc) is 3.05. The Morgan fingerprint density at radius 3 is 2.59 bits per heavy atom. The highest BCUT2D eigenvalue weighted by Gasteiger charge is 2.19. The molecule has 9 heteroatoms. The van der Waals surface area contributed by atoms with E-state index in [0.29, 0.717) is 32.0 Å². The largest absolute Gasteiger partial charge is 0.301 e. The van der Waals surface area contributed by atoms with E-state index in [0.717, 1.165) is 0 Å². The SMILES string of the molecule is O=C(CS(=O)(=O)Cc1ccccc1)Nc1nc(-c2cc(Cl)ccc2Cl)cs1. The number of aromatic nitrogens is 1. The van der Waals surface area contributed by atoms with Crippen LogP contribution in [-0.2, 0) is 20.4 Å². The number of anilines is 1. The maximum atomic E-state index is 12.2. The molecule has 1 heterocycles. The Kier molecular flexibility index (Phi) is 6.16. The van der Waals surface area contributed by atoms with Crippen LogP contribution in [0.5, 0.6) is 0 Å². The van der Waals surface area contributed by atoms with Crippen LogP contribution in [0.3, 0.4) is 0 Å². The molecule has 0 aliphatic carbocycles. The molecule has 2 aromatic carbocycles. The second kappa shape index (κ2) is 8.39. The molecule has 3 aromatic rings. The monoisotopic (exact) mass is 440 g/mol. The molecule has 0 radical (unpaired) electrons. The number of halogens is 2. The summed E-state index contributed by atoms with van der Waals surface area (Å²) in [6.07, 6.45) is 0. The van der Waals surface area contributed by atoms with Crippen LogP contribution in [-0.4, -0.2) is 25.1 Å². The van der Waals surface area contributed by atoms with E-state index in [1.165, 1.54) is 11.3 Å². The summed E-state index contributed by atoms with van der Waals surface area (Å²) in [5.41, 5.74) is 1.82. The van der Waals surface area contributed by atoms with Crippen molar-refractivity contribution in [2.45, 2.75) is 5.75 Å². The van der Waals surface area contributed by atoms with Gasteiger partial charge in [0.05, 0.1) is 16.5 Å². The van der Waals surface area contributed by atoms with E-state index in [1.807, 2.05) is 0 Å². The van der Waals surface area contributed by atoms with Crippen LogP contribution in [0, 0.1) is 0 Å². The normalized spacial score (nSPS) is 11.3. The van der Waals surface area contributed by atoms with E-state index in [2.05, 4.69) is 10.3 Å². The molecule has 0 fully saturated rings. The van der Waals surface area contributed by atoms with E-state index in [-0.39, 0.29) is 5.75 Å². The maximum Gasteiger partial charge on any atom is 0.241 e. The molecule has 1 amide bonds. The molecule has 1 aromatic heterocycles. The Labute approximate surface area is 170 Å². The van der Waals surface area contributed by atoms with Crippen molar-refractivity contribution in [3.63, 3.8) is 0 Å². The number of thiazole rings is 1. The molecule has 0 bridgehead atoms. The zero-order valence-corrected chi connectivity index (χ0v) is 17.0. The van der Waals surface area contributed by atoms with Gasteiger partial charge in [-0.05, 0) is 23.8 Å². The van der Waals surface area contributed by atoms with Crippen LogP contribution in [0.15, 0.2) is 53.9 Å². The average molecular weight is 441 g/mol. The lowest BCUT2D eigenvalue weighted by Gasteiger charge is -2.05. The van der Waals surface area contributed by atoms with E-state index >= 15 is 0 Å². The summed E-state index contributed by atoms with van der Waals surface area (Å²) < 4.78 is 24.4. The minimum absolute atomic E-state index is 0.192. The van der Waals surface area contributed by atoms with Crippen molar-refractivity contribution in [3.05, 3.63) is 69.5 Å². The summed E-state index contributed by atoms with van der Waals surface area (Å²) in [6, 6.07) is 13.7. The Hall–Kier alpha value is -1.93. The Bertz CT molecular complexity index is 1070. The van der Waals surface area contributed by atoms with Crippen LogP contribution in [0.4, 0.5) is 5.13 Å². The van der Waals surface area contributed by atoms with E-state index < -0.39 is 21.5 Å². The van der Waals surface area contributed by atoms with Crippen molar-refractivity contribution in [1.82, 2.24) is 4.98 Å². The van der Waals surface area contributed by atoms with Gasteiger partial charge in [0.25, 0.3) is 0 Å². The number of hydrogen-bond donors (Lipinski definition) is 1. The molecule has 3 rings (SSSR count). The van der Waals surface area contributed by atoms with Gasteiger partial charge in [-0.25, -0.2) is 13.4 Å². The first-order chi connectivity index (χ1) is 12.8. The van der Waals surface area contributed by atoms with Gasteiger partial charge in [-0.1, -0.05) is 53.5 Å². The van der Waals surface area contributed by atoms with Crippen LogP contribution < -0.4 is 5.32 Å². The summed E-state index contributed by atoms with van der Waals surface area (Å²) in [7, 11) is -3.59. The number of carbonyl (C=O) groups excluding carboxylic acids is 1. The molecular formula is C18H14Cl2N2O3S2. The highest BCUT2D eigenvalue weighted by Crippen LogP contribution is 2.32. The third kappa shape index (κ3) is 5.52. The first-order valence-electron chi connectivity index (χ1n) is 7.77.